The van der Waals surface area contributed by atoms with E-state index < -0.39 is 21.7 Å². The van der Waals surface area contributed by atoms with E-state index in [1.54, 1.807) is 12.3 Å². The van der Waals surface area contributed by atoms with Gasteiger partial charge in [-0.15, -0.1) is 0 Å². The van der Waals surface area contributed by atoms with Gasteiger partial charge in [-0.1, -0.05) is 12.1 Å². The summed E-state index contributed by atoms with van der Waals surface area (Å²) in [5.41, 5.74) is 10.2. The van der Waals surface area contributed by atoms with E-state index in [1.807, 2.05) is 11.6 Å². The zero-order valence-corrected chi connectivity index (χ0v) is 24.1. The number of nitrogens with zero attached hydrogens (tertiary/aromatic N) is 3. The van der Waals surface area contributed by atoms with E-state index in [4.69, 9.17) is 15.6 Å². The summed E-state index contributed by atoms with van der Waals surface area (Å²) in [7, 11) is -4.14. The number of fused-ring (bicyclic) bond motifs is 1. The summed E-state index contributed by atoms with van der Waals surface area (Å²) in [4.78, 5) is 4.31. The highest BCUT2D eigenvalue weighted by Crippen LogP contribution is 2.39. The van der Waals surface area contributed by atoms with Crippen molar-refractivity contribution in [3.63, 3.8) is 0 Å². The average molecular weight is 595 g/mol. The van der Waals surface area contributed by atoms with Crippen LogP contribution in [-0.2, 0) is 21.3 Å². The maximum absolute atomic E-state index is 15.4. The van der Waals surface area contributed by atoms with Crippen molar-refractivity contribution < 1.29 is 21.9 Å². The Hall–Kier alpha value is -3.87. The predicted octanol–water partition coefficient (Wildman–Crippen LogP) is 5.01. The molecule has 2 aliphatic rings. The highest BCUT2D eigenvalue weighted by Gasteiger charge is 2.26. The SMILES string of the molecule is CCn1nc(-c2ccc(NS(=O)(=O)c3ccc(F)c(C)c3)c(F)c2)c2c(N)ncc(C3=CC[C@@H](NC4COC4)CC3)c21. The Morgan fingerprint density at radius 1 is 1.12 bits per heavy atom. The van der Waals surface area contributed by atoms with E-state index >= 15 is 4.39 Å². The number of allylic oxidation sites excluding steroid dienone is 1. The van der Waals surface area contributed by atoms with Gasteiger partial charge in [0, 0.05) is 29.9 Å². The Labute approximate surface area is 242 Å². The molecule has 1 atom stereocenters. The van der Waals surface area contributed by atoms with Crippen LogP contribution in [0.3, 0.4) is 0 Å². The van der Waals surface area contributed by atoms with Crippen molar-refractivity contribution in [2.75, 3.05) is 23.7 Å². The van der Waals surface area contributed by atoms with Crippen molar-refractivity contribution in [1.29, 1.82) is 0 Å². The number of nitrogen functional groups attached to an aromatic ring is 1. The standard InChI is InChI=1S/C30H32F2N6O3S/c1-3-38-29-23(18-4-7-20(8-5-18)35-21-15-41-16-21)14-34-30(33)27(29)28(36-38)19-6-11-26(25(32)13-19)37-42(39,40)22-9-10-24(31)17(2)12-22/h4,6,9-14,20-21,35,37H,3,5,7-8,15-16H2,1-2H3,(H2,33,34)/t20-/m1/s1. The number of pyridine rings is 1. The van der Waals surface area contributed by atoms with Crippen molar-refractivity contribution in [3.05, 3.63) is 71.4 Å². The summed E-state index contributed by atoms with van der Waals surface area (Å²) in [6, 6.07) is 8.37. The van der Waals surface area contributed by atoms with Gasteiger partial charge < -0.3 is 15.8 Å². The molecular weight excluding hydrogens is 562 g/mol. The van der Waals surface area contributed by atoms with Crippen molar-refractivity contribution in [2.45, 2.75) is 56.6 Å². The van der Waals surface area contributed by atoms with Gasteiger partial charge in [0.2, 0.25) is 0 Å². The van der Waals surface area contributed by atoms with Crippen LogP contribution < -0.4 is 15.8 Å². The first-order valence-electron chi connectivity index (χ1n) is 13.9. The first-order chi connectivity index (χ1) is 20.1. The Morgan fingerprint density at radius 3 is 2.57 bits per heavy atom. The highest BCUT2D eigenvalue weighted by molar-refractivity contribution is 7.92. The average Bonchev–Trinajstić information content (AvgIpc) is 3.34. The molecule has 0 amide bonds. The number of sulfonamides is 1. The predicted molar refractivity (Wildman–Crippen MR) is 158 cm³/mol. The van der Waals surface area contributed by atoms with Gasteiger partial charge in [0.1, 0.15) is 23.1 Å². The van der Waals surface area contributed by atoms with Crippen LogP contribution in [0.4, 0.5) is 20.3 Å². The van der Waals surface area contributed by atoms with Crippen LogP contribution in [0.15, 0.2) is 53.6 Å². The van der Waals surface area contributed by atoms with E-state index in [1.165, 1.54) is 30.7 Å². The molecule has 6 rings (SSSR count). The van der Waals surface area contributed by atoms with Crippen LogP contribution in [0.2, 0.25) is 0 Å². The number of benzene rings is 2. The van der Waals surface area contributed by atoms with Gasteiger partial charge in [0.15, 0.2) is 0 Å². The topological polar surface area (TPSA) is 124 Å². The summed E-state index contributed by atoms with van der Waals surface area (Å²) in [6.45, 7) is 5.51. The number of aryl methyl sites for hydroxylation is 2. The van der Waals surface area contributed by atoms with Crippen LogP contribution >= 0.6 is 0 Å². The second-order valence-electron chi connectivity index (χ2n) is 10.8. The number of hydrogen-bond acceptors (Lipinski definition) is 7. The van der Waals surface area contributed by atoms with Gasteiger partial charge >= 0.3 is 0 Å². The normalized spacial score (nSPS) is 17.7. The molecule has 1 aliphatic heterocycles. The maximum Gasteiger partial charge on any atom is 0.261 e. The number of halogens is 2. The second kappa shape index (κ2) is 11.1. The van der Waals surface area contributed by atoms with Crippen molar-refractivity contribution in [2.24, 2.45) is 0 Å². The minimum Gasteiger partial charge on any atom is -0.383 e. The van der Waals surface area contributed by atoms with Gasteiger partial charge in [-0.05, 0) is 74.6 Å². The summed E-state index contributed by atoms with van der Waals surface area (Å²) in [5, 5.41) is 9.05. The minimum atomic E-state index is -4.14. The molecule has 42 heavy (non-hydrogen) atoms. The Balaban J connectivity index is 1.32. The van der Waals surface area contributed by atoms with Crippen LogP contribution in [-0.4, -0.2) is 48.5 Å². The van der Waals surface area contributed by atoms with E-state index in [0.717, 1.165) is 55.7 Å². The molecule has 1 saturated heterocycles. The number of ether oxygens (including phenoxy) is 1. The molecule has 4 aromatic rings. The maximum atomic E-state index is 15.4. The molecule has 1 fully saturated rings. The lowest BCUT2D eigenvalue weighted by Crippen LogP contribution is -2.50. The zero-order valence-electron chi connectivity index (χ0n) is 23.3. The van der Waals surface area contributed by atoms with Gasteiger partial charge in [-0.3, -0.25) is 9.40 Å². The van der Waals surface area contributed by atoms with Crippen molar-refractivity contribution in [3.8, 4) is 11.3 Å². The molecule has 0 bridgehead atoms. The molecule has 220 valence electrons. The molecule has 0 radical (unpaired) electrons. The lowest BCUT2D eigenvalue weighted by molar-refractivity contribution is -0.0103. The Kier molecular flexibility index (Phi) is 7.46. The van der Waals surface area contributed by atoms with E-state index in [-0.39, 0.29) is 22.0 Å². The molecule has 0 spiro atoms. The third kappa shape index (κ3) is 5.25. The molecule has 2 aromatic carbocycles. The monoisotopic (exact) mass is 594 g/mol. The summed E-state index contributed by atoms with van der Waals surface area (Å²) in [5.74, 6) is -1.04. The highest BCUT2D eigenvalue weighted by atomic mass is 32.2. The lowest BCUT2D eigenvalue weighted by atomic mass is 9.89. The zero-order chi connectivity index (χ0) is 29.6. The van der Waals surface area contributed by atoms with Crippen LogP contribution in [0, 0.1) is 18.6 Å². The van der Waals surface area contributed by atoms with Crippen LogP contribution in [0.25, 0.3) is 27.7 Å². The number of nitrogens with two attached hydrogens (primary N) is 1. The Morgan fingerprint density at radius 2 is 1.93 bits per heavy atom. The van der Waals surface area contributed by atoms with E-state index in [2.05, 4.69) is 21.1 Å². The van der Waals surface area contributed by atoms with Gasteiger partial charge in [-0.25, -0.2) is 22.2 Å². The number of aromatic nitrogens is 3. The molecule has 3 heterocycles. The molecule has 1 aliphatic carbocycles. The molecule has 0 unspecified atom stereocenters. The van der Waals surface area contributed by atoms with Gasteiger partial charge in [-0.2, -0.15) is 5.10 Å². The molecule has 0 saturated carbocycles. The fourth-order valence-electron chi connectivity index (χ4n) is 5.53. The Bertz CT molecular complexity index is 1820. The fraction of sp³-hybridized carbons (Fsp3) is 0.333. The second-order valence-corrected chi connectivity index (χ2v) is 12.4. The number of anilines is 2. The fourth-order valence-corrected chi connectivity index (χ4v) is 6.68. The summed E-state index contributed by atoms with van der Waals surface area (Å²) >= 11 is 0. The lowest BCUT2D eigenvalue weighted by Gasteiger charge is -2.33. The molecule has 12 heteroatoms. The molecule has 9 nitrogen and oxygen atoms in total. The molecule has 2 aromatic heterocycles. The first-order valence-corrected chi connectivity index (χ1v) is 15.4. The smallest absolute Gasteiger partial charge is 0.261 e. The van der Waals surface area contributed by atoms with Crippen molar-refractivity contribution >= 4 is 38.0 Å². The number of rotatable bonds is 8. The van der Waals surface area contributed by atoms with Gasteiger partial charge in [0.25, 0.3) is 10.0 Å². The first kappa shape index (κ1) is 28.3. The van der Waals surface area contributed by atoms with Crippen LogP contribution in [0.1, 0.15) is 37.3 Å². The third-order valence-corrected chi connectivity index (χ3v) is 9.25. The summed E-state index contributed by atoms with van der Waals surface area (Å²) < 4.78 is 64.1. The molecule has 4 N–H and O–H groups in total. The number of nitrogens with one attached hydrogen (secondary N) is 2. The van der Waals surface area contributed by atoms with Crippen LogP contribution in [0.5, 0.6) is 0 Å². The largest absolute Gasteiger partial charge is 0.383 e. The number of hydrogen-bond donors (Lipinski definition) is 3. The van der Waals surface area contributed by atoms with Crippen molar-refractivity contribution in [1.82, 2.24) is 20.1 Å². The van der Waals surface area contributed by atoms with Gasteiger partial charge in [0.05, 0.1) is 40.7 Å². The minimum absolute atomic E-state index is 0.167. The third-order valence-electron chi connectivity index (χ3n) is 7.89. The van der Waals surface area contributed by atoms with E-state index in [9.17, 15) is 12.8 Å². The van der Waals surface area contributed by atoms with E-state index in [0.29, 0.717) is 35.3 Å². The summed E-state index contributed by atoms with van der Waals surface area (Å²) in [6.07, 6.45) is 6.77. The quantitative estimate of drug-likeness (QED) is 0.262. The molecular formula is C30H32F2N6O3S.